The van der Waals surface area contributed by atoms with Crippen LogP contribution in [0.15, 0.2) is 36.4 Å². The molecule has 3 heteroatoms. The van der Waals surface area contributed by atoms with Crippen molar-refractivity contribution < 1.29 is 9.84 Å². The predicted molar refractivity (Wildman–Crippen MR) is 69.4 cm³/mol. The minimum absolute atomic E-state index is 0.466. The molecule has 1 unspecified atom stereocenters. The maximum absolute atomic E-state index is 9.89. The molecule has 0 aliphatic heterocycles. The summed E-state index contributed by atoms with van der Waals surface area (Å²) in [5.74, 6) is 0.848. The number of benzene rings is 2. The highest BCUT2D eigenvalue weighted by molar-refractivity contribution is 5.84. The van der Waals surface area contributed by atoms with Crippen LogP contribution in [0.1, 0.15) is 11.7 Å². The van der Waals surface area contributed by atoms with E-state index in [1.54, 1.807) is 7.11 Å². The number of ether oxygens (including phenoxy) is 1. The molecule has 0 aliphatic carbocycles. The second kappa shape index (κ2) is 5.17. The van der Waals surface area contributed by atoms with Crippen LogP contribution in [0.2, 0.25) is 0 Å². The van der Waals surface area contributed by atoms with Crippen molar-refractivity contribution in [1.29, 1.82) is 0 Å². The Morgan fingerprint density at radius 1 is 1.18 bits per heavy atom. The minimum atomic E-state index is -0.466. The van der Waals surface area contributed by atoms with Gasteiger partial charge in [-0.3, -0.25) is 0 Å². The summed E-state index contributed by atoms with van der Waals surface area (Å²) < 4.78 is 5.18. The van der Waals surface area contributed by atoms with Crippen molar-refractivity contribution in [3.63, 3.8) is 0 Å². The molecule has 0 spiro atoms. The van der Waals surface area contributed by atoms with Crippen LogP contribution in [0.25, 0.3) is 10.8 Å². The number of fused-ring (bicyclic) bond motifs is 1. The molecule has 0 aromatic heterocycles. The first-order valence-electron chi connectivity index (χ1n) is 5.65. The Kier molecular flexibility index (Phi) is 3.61. The third kappa shape index (κ3) is 2.57. The average Bonchev–Trinajstić information content (AvgIpc) is 2.37. The van der Waals surface area contributed by atoms with Crippen LogP contribution in [-0.2, 0) is 0 Å². The lowest BCUT2D eigenvalue weighted by atomic mass is 10.0. The number of methoxy groups -OCH3 is 1. The van der Waals surface area contributed by atoms with Crippen molar-refractivity contribution >= 4 is 10.8 Å². The molecule has 2 rings (SSSR count). The molecule has 0 bridgehead atoms. The Morgan fingerprint density at radius 3 is 2.59 bits per heavy atom. The SMILES string of the molecule is CNCC(O)c1ccc2cc(OC)ccc2c1. The Morgan fingerprint density at radius 2 is 1.88 bits per heavy atom. The summed E-state index contributed by atoms with van der Waals surface area (Å²) in [7, 11) is 3.49. The Hall–Kier alpha value is -1.58. The quantitative estimate of drug-likeness (QED) is 0.846. The van der Waals surface area contributed by atoms with Gasteiger partial charge in [0.2, 0.25) is 0 Å². The smallest absolute Gasteiger partial charge is 0.119 e. The van der Waals surface area contributed by atoms with E-state index >= 15 is 0 Å². The lowest BCUT2D eigenvalue weighted by molar-refractivity contribution is 0.178. The van der Waals surface area contributed by atoms with Gasteiger partial charge < -0.3 is 15.2 Å². The summed E-state index contributed by atoms with van der Waals surface area (Å²) >= 11 is 0. The van der Waals surface area contributed by atoms with E-state index in [9.17, 15) is 5.11 Å². The zero-order valence-electron chi connectivity index (χ0n) is 10.1. The summed E-state index contributed by atoms with van der Waals surface area (Å²) in [5.41, 5.74) is 0.928. The summed E-state index contributed by atoms with van der Waals surface area (Å²) in [5, 5.41) is 15.1. The van der Waals surface area contributed by atoms with Crippen LogP contribution in [0, 0.1) is 0 Å². The molecule has 0 saturated heterocycles. The molecule has 0 amide bonds. The van der Waals surface area contributed by atoms with E-state index in [-0.39, 0.29) is 0 Å². The van der Waals surface area contributed by atoms with E-state index < -0.39 is 6.10 Å². The first-order valence-corrected chi connectivity index (χ1v) is 5.65. The summed E-state index contributed by atoms with van der Waals surface area (Å²) in [4.78, 5) is 0. The Bertz CT molecular complexity index is 511. The van der Waals surface area contributed by atoms with Gasteiger partial charge in [-0.15, -0.1) is 0 Å². The molecule has 0 fully saturated rings. The molecule has 0 aliphatic rings. The molecule has 0 heterocycles. The molecular weight excluding hydrogens is 214 g/mol. The van der Waals surface area contributed by atoms with Crippen LogP contribution < -0.4 is 10.1 Å². The van der Waals surface area contributed by atoms with E-state index in [0.29, 0.717) is 6.54 Å². The number of rotatable bonds is 4. The van der Waals surface area contributed by atoms with Crippen LogP contribution >= 0.6 is 0 Å². The monoisotopic (exact) mass is 231 g/mol. The van der Waals surface area contributed by atoms with Gasteiger partial charge in [0, 0.05) is 6.54 Å². The Labute approximate surface area is 101 Å². The van der Waals surface area contributed by atoms with Gasteiger partial charge in [-0.1, -0.05) is 18.2 Å². The lowest BCUT2D eigenvalue weighted by Gasteiger charge is -2.11. The highest BCUT2D eigenvalue weighted by atomic mass is 16.5. The van der Waals surface area contributed by atoms with Gasteiger partial charge in [-0.05, 0) is 41.6 Å². The van der Waals surface area contributed by atoms with Crippen LogP contribution in [-0.4, -0.2) is 25.8 Å². The average molecular weight is 231 g/mol. The fraction of sp³-hybridized carbons (Fsp3) is 0.286. The number of hydrogen-bond donors (Lipinski definition) is 2. The number of nitrogens with one attached hydrogen (secondary N) is 1. The maximum atomic E-state index is 9.89. The molecule has 1 atom stereocenters. The number of aliphatic hydroxyl groups excluding tert-OH is 1. The normalized spacial score (nSPS) is 12.6. The van der Waals surface area contributed by atoms with Gasteiger partial charge >= 0.3 is 0 Å². The van der Waals surface area contributed by atoms with Crippen LogP contribution in [0.3, 0.4) is 0 Å². The van der Waals surface area contributed by atoms with E-state index in [2.05, 4.69) is 5.32 Å². The summed E-state index contributed by atoms with van der Waals surface area (Å²) in [6.07, 6.45) is -0.466. The maximum Gasteiger partial charge on any atom is 0.119 e. The molecule has 0 radical (unpaired) electrons. The zero-order chi connectivity index (χ0) is 12.3. The highest BCUT2D eigenvalue weighted by Gasteiger charge is 2.06. The van der Waals surface area contributed by atoms with Crippen molar-refractivity contribution in [2.24, 2.45) is 0 Å². The first-order chi connectivity index (χ1) is 8.24. The third-order valence-corrected chi connectivity index (χ3v) is 2.85. The first kappa shape index (κ1) is 11.9. The van der Waals surface area contributed by atoms with Gasteiger partial charge in [0.05, 0.1) is 13.2 Å². The van der Waals surface area contributed by atoms with Gasteiger partial charge in [-0.25, -0.2) is 0 Å². The third-order valence-electron chi connectivity index (χ3n) is 2.85. The molecule has 0 saturated carbocycles. The van der Waals surface area contributed by atoms with Crippen molar-refractivity contribution in [3.8, 4) is 5.75 Å². The second-order valence-electron chi connectivity index (χ2n) is 4.05. The van der Waals surface area contributed by atoms with Gasteiger partial charge in [0.15, 0.2) is 0 Å². The van der Waals surface area contributed by atoms with E-state index in [1.807, 2.05) is 43.4 Å². The van der Waals surface area contributed by atoms with Crippen molar-refractivity contribution in [2.45, 2.75) is 6.10 Å². The molecule has 90 valence electrons. The van der Waals surface area contributed by atoms with Crippen molar-refractivity contribution in [1.82, 2.24) is 5.32 Å². The minimum Gasteiger partial charge on any atom is -0.497 e. The highest BCUT2D eigenvalue weighted by Crippen LogP contribution is 2.24. The van der Waals surface area contributed by atoms with E-state index in [1.165, 1.54) is 0 Å². The molecule has 2 aromatic carbocycles. The Balaban J connectivity index is 2.37. The summed E-state index contributed by atoms with van der Waals surface area (Å²) in [6, 6.07) is 11.9. The van der Waals surface area contributed by atoms with Gasteiger partial charge in [-0.2, -0.15) is 0 Å². The predicted octanol–water partition coefficient (Wildman–Crippen LogP) is 2.10. The number of aliphatic hydroxyl groups is 1. The fourth-order valence-corrected chi connectivity index (χ4v) is 1.89. The van der Waals surface area contributed by atoms with Crippen molar-refractivity contribution in [2.75, 3.05) is 20.7 Å². The molecule has 2 N–H and O–H groups in total. The van der Waals surface area contributed by atoms with Gasteiger partial charge in [0.1, 0.15) is 5.75 Å². The van der Waals surface area contributed by atoms with Gasteiger partial charge in [0.25, 0.3) is 0 Å². The standard InChI is InChI=1S/C14H17NO2/c1-15-9-14(16)12-4-3-11-8-13(17-2)6-5-10(11)7-12/h3-8,14-16H,9H2,1-2H3. The second-order valence-corrected chi connectivity index (χ2v) is 4.05. The van der Waals surface area contributed by atoms with E-state index in [4.69, 9.17) is 4.74 Å². The van der Waals surface area contributed by atoms with Crippen LogP contribution in [0.5, 0.6) is 5.75 Å². The van der Waals surface area contributed by atoms with E-state index in [0.717, 1.165) is 22.1 Å². The topological polar surface area (TPSA) is 41.5 Å². The molecule has 3 nitrogen and oxygen atoms in total. The molecular formula is C14H17NO2. The fourth-order valence-electron chi connectivity index (χ4n) is 1.89. The number of hydrogen-bond acceptors (Lipinski definition) is 3. The zero-order valence-corrected chi connectivity index (χ0v) is 10.1. The van der Waals surface area contributed by atoms with Crippen LogP contribution in [0.4, 0.5) is 0 Å². The summed E-state index contributed by atoms with van der Waals surface area (Å²) in [6.45, 7) is 0.557. The molecule has 2 aromatic rings. The lowest BCUT2D eigenvalue weighted by Crippen LogP contribution is -2.16. The largest absolute Gasteiger partial charge is 0.497 e. The number of likely N-dealkylation sites (N-methyl/N-ethyl adjacent to an activating group) is 1. The molecule has 17 heavy (non-hydrogen) atoms. The van der Waals surface area contributed by atoms with Crippen molar-refractivity contribution in [3.05, 3.63) is 42.0 Å².